The number of amides is 1. The van der Waals surface area contributed by atoms with Gasteiger partial charge in [0.05, 0.1) is 5.92 Å². The zero-order chi connectivity index (χ0) is 14.9. The number of anilines is 1. The van der Waals surface area contributed by atoms with Crippen molar-refractivity contribution in [3.8, 4) is 0 Å². The first-order valence-corrected chi connectivity index (χ1v) is 8.11. The summed E-state index contributed by atoms with van der Waals surface area (Å²) in [5.74, 6) is 0.985. The largest absolute Gasteiger partial charge is 0.356 e. The predicted octanol–water partition coefficient (Wildman–Crippen LogP) is 2.39. The van der Waals surface area contributed by atoms with Crippen molar-refractivity contribution in [3.05, 3.63) is 18.5 Å². The summed E-state index contributed by atoms with van der Waals surface area (Å²) >= 11 is 0. The number of nitrogens with one attached hydrogen (secondary N) is 1. The summed E-state index contributed by atoms with van der Waals surface area (Å²) in [6, 6.07) is 1.81. The predicted molar refractivity (Wildman–Crippen MR) is 84.1 cm³/mol. The maximum Gasteiger partial charge on any atom is 0.225 e. The van der Waals surface area contributed by atoms with E-state index in [-0.39, 0.29) is 11.8 Å². The van der Waals surface area contributed by atoms with Gasteiger partial charge in [-0.15, -0.1) is 0 Å². The maximum atomic E-state index is 12.2. The van der Waals surface area contributed by atoms with Crippen molar-refractivity contribution in [1.82, 2.24) is 15.3 Å². The van der Waals surface area contributed by atoms with E-state index >= 15 is 0 Å². The van der Waals surface area contributed by atoms with Crippen LogP contribution in [-0.2, 0) is 4.79 Å². The second-order valence-corrected chi connectivity index (χ2v) is 5.69. The normalized spacial score (nSPS) is 18.5. The SMILES string of the molecule is CCCCCCNC(=O)[C@@H]1CCCN(c2ncccn2)C1. The van der Waals surface area contributed by atoms with Gasteiger partial charge in [0.1, 0.15) is 0 Å². The van der Waals surface area contributed by atoms with E-state index in [1.165, 1.54) is 19.3 Å². The van der Waals surface area contributed by atoms with Gasteiger partial charge in [0.2, 0.25) is 11.9 Å². The molecule has 0 bridgehead atoms. The Bertz CT molecular complexity index is 424. The molecule has 0 spiro atoms. The van der Waals surface area contributed by atoms with Gasteiger partial charge in [0.25, 0.3) is 0 Å². The average Bonchev–Trinajstić information content (AvgIpc) is 2.55. The first-order valence-electron chi connectivity index (χ1n) is 8.11. The molecule has 1 saturated heterocycles. The van der Waals surface area contributed by atoms with E-state index in [4.69, 9.17) is 0 Å². The Hall–Kier alpha value is -1.65. The van der Waals surface area contributed by atoms with E-state index in [0.29, 0.717) is 0 Å². The molecule has 0 unspecified atom stereocenters. The van der Waals surface area contributed by atoms with Crippen LogP contribution in [0.4, 0.5) is 5.95 Å². The lowest BCUT2D eigenvalue weighted by Crippen LogP contribution is -2.43. The van der Waals surface area contributed by atoms with Crippen LogP contribution >= 0.6 is 0 Å². The molecule has 2 heterocycles. The molecular weight excluding hydrogens is 264 g/mol. The molecule has 1 N–H and O–H groups in total. The molecule has 1 atom stereocenters. The van der Waals surface area contributed by atoms with Gasteiger partial charge in [-0.2, -0.15) is 0 Å². The first kappa shape index (κ1) is 15.7. The lowest BCUT2D eigenvalue weighted by atomic mass is 9.97. The van der Waals surface area contributed by atoms with E-state index in [9.17, 15) is 4.79 Å². The van der Waals surface area contributed by atoms with Crippen LogP contribution in [0.3, 0.4) is 0 Å². The quantitative estimate of drug-likeness (QED) is 0.783. The zero-order valence-corrected chi connectivity index (χ0v) is 12.9. The molecule has 5 nitrogen and oxygen atoms in total. The van der Waals surface area contributed by atoms with Gasteiger partial charge in [0, 0.05) is 32.0 Å². The highest BCUT2D eigenvalue weighted by atomic mass is 16.1. The molecule has 5 heteroatoms. The Balaban J connectivity index is 1.76. The van der Waals surface area contributed by atoms with Crippen molar-refractivity contribution in [2.45, 2.75) is 45.4 Å². The second-order valence-electron chi connectivity index (χ2n) is 5.69. The number of unbranched alkanes of at least 4 members (excludes halogenated alkanes) is 3. The number of carbonyl (C=O) groups excluding carboxylic acids is 1. The van der Waals surface area contributed by atoms with Crippen molar-refractivity contribution in [3.63, 3.8) is 0 Å². The molecule has 1 aromatic heterocycles. The number of carbonyl (C=O) groups is 1. The third kappa shape index (κ3) is 4.99. The van der Waals surface area contributed by atoms with Crippen LogP contribution in [0.15, 0.2) is 18.5 Å². The van der Waals surface area contributed by atoms with Crippen molar-refractivity contribution in [2.24, 2.45) is 5.92 Å². The third-order valence-electron chi connectivity index (χ3n) is 3.96. The molecule has 1 aromatic rings. The van der Waals surface area contributed by atoms with Crippen LogP contribution in [-0.4, -0.2) is 35.5 Å². The third-order valence-corrected chi connectivity index (χ3v) is 3.96. The molecule has 1 aliphatic heterocycles. The van der Waals surface area contributed by atoms with Gasteiger partial charge in [0.15, 0.2) is 0 Å². The minimum Gasteiger partial charge on any atom is -0.356 e. The molecular formula is C16H26N4O. The Morgan fingerprint density at radius 1 is 1.33 bits per heavy atom. The van der Waals surface area contributed by atoms with Crippen LogP contribution in [0.1, 0.15) is 45.4 Å². The number of rotatable bonds is 7. The van der Waals surface area contributed by atoms with E-state index in [1.54, 1.807) is 12.4 Å². The van der Waals surface area contributed by atoms with Crippen LogP contribution in [0.2, 0.25) is 0 Å². The lowest BCUT2D eigenvalue weighted by Gasteiger charge is -2.31. The van der Waals surface area contributed by atoms with Crippen molar-refractivity contribution >= 4 is 11.9 Å². The number of piperidine rings is 1. The number of hydrogen-bond donors (Lipinski definition) is 1. The molecule has 21 heavy (non-hydrogen) atoms. The molecule has 0 aliphatic carbocycles. The first-order chi connectivity index (χ1) is 10.3. The fraction of sp³-hybridized carbons (Fsp3) is 0.688. The maximum absolute atomic E-state index is 12.2. The Morgan fingerprint density at radius 2 is 2.14 bits per heavy atom. The molecule has 1 aliphatic rings. The molecule has 0 radical (unpaired) electrons. The standard InChI is InChI=1S/C16H26N4O/c1-2-3-4-5-9-17-15(21)14-8-6-12-20(13-14)16-18-10-7-11-19-16/h7,10-11,14H,2-6,8-9,12-13H2,1H3,(H,17,21)/t14-/m1/s1. The monoisotopic (exact) mass is 290 g/mol. The van der Waals surface area contributed by atoms with Crippen LogP contribution in [0.5, 0.6) is 0 Å². The smallest absolute Gasteiger partial charge is 0.225 e. The molecule has 2 rings (SSSR count). The molecule has 1 fully saturated rings. The Kier molecular flexibility index (Phi) is 6.44. The fourth-order valence-electron chi connectivity index (χ4n) is 2.74. The van der Waals surface area contributed by atoms with Crippen molar-refractivity contribution in [1.29, 1.82) is 0 Å². The van der Waals surface area contributed by atoms with E-state index in [2.05, 4.69) is 27.1 Å². The van der Waals surface area contributed by atoms with Gasteiger partial charge in [-0.05, 0) is 25.3 Å². The highest BCUT2D eigenvalue weighted by Gasteiger charge is 2.26. The summed E-state index contributed by atoms with van der Waals surface area (Å²) in [4.78, 5) is 22.9. The Labute approximate surface area is 127 Å². The summed E-state index contributed by atoms with van der Waals surface area (Å²) in [7, 11) is 0. The minimum absolute atomic E-state index is 0.0636. The van der Waals surface area contributed by atoms with Gasteiger partial charge in [-0.3, -0.25) is 4.79 Å². The number of hydrogen-bond acceptors (Lipinski definition) is 4. The van der Waals surface area contributed by atoms with Gasteiger partial charge < -0.3 is 10.2 Å². The summed E-state index contributed by atoms with van der Waals surface area (Å²) in [5.41, 5.74) is 0. The summed E-state index contributed by atoms with van der Waals surface area (Å²) in [6.45, 7) is 4.66. The van der Waals surface area contributed by atoms with Crippen LogP contribution < -0.4 is 10.2 Å². The van der Waals surface area contributed by atoms with E-state index in [1.807, 2.05) is 6.07 Å². The van der Waals surface area contributed by atoms with Gasteiger partial charge in [-0.25, -0.2) is 9.97 Å². The van der Waals surface area contributed by atoms with Crippen LogP contribution in [0.25, 0.3) is 0 Å². The number of aromatic nitrogens is 2. The van der Waals surface area contributed by atoms with Gasteiger partial charge >= 0.3 is 0 Å². The highest BCUT2D eigenvalue weighted by molar-refractivity contribution is 5.79. The summed E-state index contributed by atoms with van der Waals surface area (Å²) in [5, 5.41) is 3.08. The van der Waals surface area contributed by atoms with E-state index in [0.717, 1.165) is 44.8 Å². The zero-order valence-electron chi connectivity index (χ0n) is 12.9. The topological polar surface area (TPSA) is 58.1 Å². The Morgan fingerprint density at radius 3 is 2.90 bits per heavy atom. The average molecular weight is 290 g/mol. The highest BCUT2D eigenvalue weighted by Crippen LogP contribution is 2.20. The van der Waals surface area contributed by atoms with Crippen molar-refractivity contribution < 1.29 is 4.79 Å². The molecule has 1 amide bonds. The molecule has 116 valence electrons. The molecule has 0 aromatic carbocycles. The summed E-state index contributed by atoms with van der Waals surface area (Å²) in [6.07, 6.45) is 10.2. The fourth-order valence-corrected chi connectivity index (χ4v) is 2.74. The molecule has 0 saturated carbocycles. The number of nitrogens with zero attached hydrogens (tertiary/aromatic N) is 3. The van der Waals surface area contributed by atoms with E-state index < -0.39 is 0 Å². The summed E-state index contributed by atoms with van der Waals surface area (Å²) < 4.78 is 0. The lowest BCUT2D eigenvalue weighted by molar-refractivity contribution is -0.125. The van der Waals surface area contributed by atoms with Gasteiger partial charge in [-0.1, -0.05) is 26.2 Å². The van der Waals surface area contributed by atoms with Crippen molar-refractivity contribution in [2.75, 3.05) is 24.5 Å². The second kappa shape index (κ2) is 8.60. The van der Waals surface area contributed by atoms with Crippen LogP contribution in [0, 0.1) is 5.92 Å². The minimum atomic E-state index is 0.0636.